The number of amides is 1. The molecule has 0 saturated heterocycles. The summed E-state index contributed by atoms with van der Waals surface area (Å²) in [6, 6.07) is 5.85. The van der Waals surface area contributed by atoms with Crippen molar-refractivity contribution in [2.24, 2.45) is 0 Å². The third-order valence-corrected chi connectivity index (χ3v) is 5.28. The molecule has 26 heavy (non-hydrogen) atoms. The molecule has 7 heteroatoms. The molecule has 7 nitrogen and oxygen atoms in total. The van der Waals surface area contributed by atoms with Crippen molar-refractivity contribution in [2.75, 3.05) is 27.3 Å². The number of benzene rings is 1. The van der Waals surface area contributed by atoms with E-state index >= 15 is 0 Å². The number of rotatable bonds is 5. The molecule has 1 unspecified atom stereocenters. The van der Waals surface area contributed by atoms with Gasteiger partial charge in [-0.25, -0.2) is 0 Å². The summed E-state index contributed by atoms with van der Waals surface area (Å²) in [6.07, 6.45) is 2.55. The third-order valence-electron chi connectivity index (χ3n) is 5.28. The lowest BCUT2D eigenvalue weighted by Crippen LogP contribution is -2.50. The average molecular weight is 359 g/mol. The van der Waals surface area contributed by atoms with Crippen LogP contribution in [0.15, 0.2) is 12.1 Å². The fourth-order valence-electron chi connectivity index (χ4n) is 4.02. The van der Waals surface area contributed by atoms with Crippen LogP contribution in [0, 0.1) is 11.3 Å². The van der Waals surface area contributed by atoms with Crippen molar-refractivity contribution in [3.05, 3.63) is 23.3 Å². The topological polar surface area (TPSA) is 94.8 Å². The molecular formula is C19H25N3O4. The van der Waals surface area contributed by atoms with Crippen LogP contribution in [0.3, 0.4) is 0 Å². The fourth-order valence-corrected chi connectivity index (χ4v) is 4.02. The van der Waals surface area contributed by atoms with E-state index in [1.54, 1.807) is 26.4 Å². The Kier molecular flexibility index (Phi) is 5.35. The Morgan fingerprint density at radius 1 is 1.35 bits per heavy atom. The highest BCUT2D eigenvalue weighted by molar-refractivity contribution is 5.79. The minimum atomic E-state index is -0.770. The molecular weight excluding hydrogens is 334 g/mol. The monoisotopic (exact) mass is 359 g/mol. The van der Waals surface area contributed by atoms with Gasteiger partial charge in [-0.3, -0.25) is 9.69 Å². The largest absolute Gasteiger partial charge is 0.496 e. The number of nitrogens with zero attached hydrogens (tertiary/aromatic N) is 2. The molecule has 1 amide bonds. The second-order valence-corrected chi connectivity index (χ2v) is 7.00. The van der Waals surface area contributed by atoms with Gasteiger partial charge in [-0.15, -0.1) is 0 Å². The summed E-state index contributed by atoms with van der Waals surface area (Å²) in [4.78, 5) is 14.4. The highest BCUT2D eigenvalue weighted by atomic mass is 16.5. The van der Waals surface area contributed by atoms with Crippen LogP contribution in [0.4, 0.5) is 0 Å². The van der Waals surface area contributed by atoms with E-state index < -0.39 is 11.6 Å². The van der Waals surface area contributed by atoms with Crippen LogP contribution < -0.4 is 14.8 Å². The normalized spacial score (nSPS) is 21.5. The van der Waals surface area contributed by atoms with Gasteiger partial charge in [0.2, 0.25) is 5.91 Å². The zero-order chi connectivity index (χ0) is 18.7. The number of ether oxygens (including phenoxy) is 2. The zero-order valence-corrected chi connectivity index (χ0v) is 15.2. The molecule has 3 rings (SSSR count). The molecule has 0 spiro atoms. The summed E-state index contributed by atoms with van der Waals surface area (Å²) in [5, 5.41) is 22.9. The third kappa shape index (κ3) is 3.48. The van der Waals surface area contributed by atoms with E-state index in [0.717, 1.165) is 18.4 Å². The standard InChI is InChI=1S/C19H25N3O4/c1-25-15-5-6-16(26-2)18-13(15)9-22(10-14(18)23)11-17(24)21-19(12-20)7-3-4-8-19/h5-6,14,23H,3-4,7-11H2,1-2H3,(H,21,24). The number of hydrogen-bond acceptors (Lipinski definition) is 6. The maximum atomic E-state index is 12.5. The van der Waals surface area contributed by atoms with Gasteiger partial charge in [0, 0.05) is 24.2 Å². The zero-order valence-electron chi connectivity index (χ0n) is 15.2. The SMILES string of the molecule is COc1ccc(OC)c2c1CN(CC(=O)NC1(C#N)CCCC1)CC2O. The maximum absolute atomic E-state index is 12.5. The summed E-state index contributed by atoms with van der Waals surface area (Å²) in [6.45, 7) is 0.920. The number of carbonyl (C=O) groups is 1. The number of nitriles is 1. The number of methoxy groups -OCH3 is 2. The summed E-state index contributed by atoms with van der Waals surface area (Å²) in [5.41, 5.74) is 0.812. The van der Waals surface area contributed by atoms with E-state index in [0.29, 0.717) is 43.0 Å². The highest BCUT2D eigenvalue weighted by Gasteiger charge is 2.36. The first-order chi connectivity index (χ1) is 12.5. The van der Waals surface area contributed by atoms with Crippen molar-refractivity contribution in [1.82, 2.24) is 10.2 Å². The van der Waals surface area contributed by atoms with Gasteiger partial charge in [0.1, 0.15) is 17.0 Å². The first-order valence-corrected chi connectivity index (χ1v) is 8.88. The quantitative estimate of drug-likeness (QED) is 0.827. The number of nitrogens with one attached hydrogen (secondary N) is 1. The molecule has 1 fully saturated rings. The van der Waals surface area contributed by atoms with Crippen molar-refractivity contribution >= 4 is 5.91 Å². The molecule has 0 radical (unpaired) electrons. The Balaban J connectivity index is 1.74. The first kappa shape index (κ1) is 18.5. The molecule has 140 valence electrons. The van der Waals surface area contributed by atoms with Crippen LogP contribution in [-0.4, -0.2) is 48.8 Å². The highest BCUT2D eigenvalue weighted by Crippen LogP contribution is 2.39. The molecule has 2 N–H and O–H groups in total. The molecule has 1 aliphatic heterocycles. The van der Waals surface area contributed by atoms with Gasteiger partial charge >= 0.3 is 0 Å². The maximum Gasteiger partial charge on any atom is 0.235 e. The van der Waals surface area contributed by atoms with Crippen molar-refractivity contribution in [1.29, 1.82) is 5.26 Å². The van der Waals surface area contributed by atoms with E-state index in [-0.39, 0.29) is 12.5 Å². The lowest BCUT2D eigenvalue weighted by Gasteiger charge is -2.34. The van der Waals surface area contributed by atoms with Crippen LogP contribution >= 0.6 is 0 Å². The Morgan fingerprint density at radius 2 is 2.00 bits per heavy atom. The van der Waals surface area contributed by atoms with Gasteiger partial charge in [0.05, 0.1) is 32.9 Å². The molecule has 1 aromatic rings. The molecule has 1 saturated carbocycles. The summed E-state index contributed by atoms with van der Waals surface area (Å²) >= 11 is 0. The summed E-state index contributed by atoms with van der Waals surface area (Å²) in [7, 11) is 3.15. The average Bonchev–Trinajstić information content (AvgIpc) is 3.09. The number of β-amino-alcohol motifs (C(OH)–C–C–N with tert-alkyl or cyclic N) is 1. The lowest BCUT2D eigenvalue weighted by molar-refractivity contribution is -0.124. The lowest BCUT2D eigenvalue weighted by atomic mass is 9.95. The first-order valence-electron chi connectivity index (χ1n) is 8.88. The number of fused-ring (bicyclic) bond motifs is 1. The molecule has 1 atom stereocenters. The van der Waals surface area contributed by atoms with Crippen LogP contribution in [-0.2, 0) is 11.3 Å². The van der Waals surface area contributed by atoms with Crippen molar-refractivity contribution < 1.29 is 19.4 Å². The minimum Gasteiger partial charge on any atom is -0.496 e. The number of aliphatic hydroxyl groups is 1. The van der Waals surface area contributed by atoms with Gasteiger partial charge in [0.25, 0.3) is 0 Å². The van der Waals surface area contributed by atoms with Gasteiger partial charge in [-0.05, 0) is 37.8 Å². The molecule has 2 aliphatic rings. The van der Waals surface area contributed by atoms with Gasteiger partial charge < -0.3 is 19.9 Å². The van der Waals surface area contributed by atoms with Crippen LogP contribution in [0.25, 0.3) is 0 Å². The molecule has 1 heterocycles. The van der Waals surface area contributed by atoms with Crippen molar-refractivity contribution in [3.63, 3.8) is 0 Å². The van der Waals surface area contributed by atoms with Crippen molar-refractivity contribution in [3.8, 4) is 17.6 Å². The molecule has 1 aliphatic carbocycles. The Labute approximate surface area is 153 Å². The van der Waals surface area contributed by atoms with Gasteiger partial charge in [0.15, 0.2) is 0 Å². The second kappa shape index (κ2) is 7.52. The predicted octanol–water partition coefficient (Wildman–Crippen LogP) is 1.51. The Bertz CT molecular complexity index is 722. The predicted molar refractivity (Wildman–Crippen MR) is 94.7 cm³/mol. The molecule has 0 bridgehead atoms. The summed E-state index contributed by atoms with van der Waals surface area (Å²) < 4.78 is 10.8. The van der Waals surface area contributed by atoms with E-state index in [4.69, 9.17) is 9.47 Å². The molecule has 0 aromatic heterocycles. The number of hydrogen-bond donors (Lipinski definition) is 2. The Hall–Kier alpha value is -2.30. The summed E-state index contributed by atoms with van der Waals surface area (Å²) in [5.74, 6) is 1.09. The van der Waals surface area contributed by atoms with E-state index in [1.807, 2.05) is 4.90 Å². The van der Waals surface area contributed by atoms with Gasteiger partial charge in [-0.2, -0.15) is 5.26 Å². The minimum absolute atomic E-state index is 0.125. The van der Waals surface area contributed by atoms with E-state index in [9.17, 15) is 15.2 Å². The Morgan fingerprint density at radius 3 is 2.62 bits per heavy atom. The smallest absolute Gasteiger partial charge is 0.235 e. The number of aliphatic hydroxyl groups excluding tert-OH is 1. The number of carbonyl (C=O) groups excluding carboxylic acids is 1. The van der Waals surface area contributed by atoms with Gasteiger partial charge in [-0.1, -0.05) is 0 Å². The molecule has 1 aromatic carbocycles. The van der Waals surface area contributed by atoms with E-state index in [2.05, 4.69) is 11.4 Å². The van der Waals surface area contributed by atoms with Crippen molar-refractivity contribution in [2.45, 2.75) is 43.9 Å². The fraction of sp³-hybridized carbons (Fsp3) is 0.579. The second-order valence-electron chi connectivity index (χ2n) is 7.00. The van der Waals surface area contributed by atoms with E-state index in [1.165, 1.54) is 0 Å². The van der Waals surface area contributed by atoms with Crippen LogP contribution in [0.5, 0.6) is 11.5 Å². The van der Waals surface area contributed by atoms with Crippen LogP contribution in [0.2, 0.25) is 0 Å². The van der Waals surface area contributed by atoms with Crippen LogP contribution in [0.1, 0.15) is 42.9 Å².